The number of aromatic nitrogens is 1. The van der Waals surface area contributed by atoms with E-state index >= 15 is 0 Å². The Morgan fingerprint density at radius 1 is 1.33 bits per heavy atom. The fourth-order valence-electron chi connectivity index (χ4n) is 1.02. The van der Waals surface area contributed by atoms with Crippen LogP contribution in [0, 0.1) is 0 Å². The molecule has 0 aromatic carbocycles. The van der Waals surface area contributed by atoms with Gasteiger partial charge in [0.15, 0.2) is 0 Å². The van der Waals surface area contributed by atoms with Gasteiger partial charge < -0.3 is 5.73 Å². The number of halogens is 5. The molecule has 2 nitrogen and oxygen atoms in total. The van der Waals surface area contributed by atoms with E-state index in [2.05, 4.69) is 4.98 Å². The van der Waals surface area contributed by atoms with Crippen molar-refractivity contribution in [3.63, 3.8) is 0 Å². The third kappa shape index (κ3) is 4.24. The maximum Gasteiger partial charge on any atom is 0.418 e. The molecule has 0 saturated carbocycles. The van der Waals surface area contributed by atoms with E-state index in [9.17, 15) is 13.2 Å². The summed E-state index contributed by atoms with van der Waals surface area (Å²) in [7, 11) is 0. The van der Waals surface area contributed by atoms with Gasteiger partial charge in [-0.25, -0.2) is 0 Å². The number of hydrogen-bond donors (Lipinski definition) is 1. The van der Waals surface area contributed by atoms with Crippen molar-refractivity contribution in [3.05, 3.63) is 29.6 Å². The van der Waals surface area contributed by atoms with E-state index < -0.39 is 17.8 Å². The molecule has 0 amide bonds. The summed E-state index contributed by atoms with van der Waals surface area (Å²) in [5, 5.41) is 0. The Balaban J connectivity index is 0. The van der Waals surface area contributed by atoms with Crippen molar-refractivity contribution in [1.29, 1.82) is 0 Å². The van der Waals surface area contributed by atoms with Crippen molar-refractivity contribution >= 4 is 24.8 Å². The third-order valence-electron chi connectivity index (χ3n) is 1.58. The number of alkyl halides is 3. The highest BCUT2D eigenvalue weighted by Crippen LogP contribution is 2.32. The third-order valence-corrected chi connectivity index (χ3v) is 1.58. The van der Waals surface area contributed by atoms with Crippen LogP contribution in [0.4, 0.5) is 13.2 Å². The molecule has 88 valence electrons. The molecule has 15 heavy (non-hydrogen) atoms. The van der Waals surface area contributed by atoms with Crippen molar-refractivity contribution in [2.45, 2.75) is 19.1 Å². The maximum absolute atomic E-state index is 12.3. The van der Waals surface area contributed by atoms with Crippen molar-refractivity contribution in [2.24, 2.45) is 5.73 Å². The van der Waals surface area contributed by atoms with E-state index in [1.165, 1.54) is 19.2 Å². The van der Waals surface area contributed by atoms with Crippen LogP contribution >= 0.6 is 24.8 Å². The van der Waals surface area contributed by atoms with Gasteiger partial charge >= 0.3 is 6.18 Å². The van der Waals surface area contributed by atoms with Gasteiger partial charge in [0.2, 0.25) is 0 Å². The number of hydrogen-bond acceptors (Lipinski definition) is 2. The van der Waals surface area contributed by atoms with Crippen LogP contribution < -0.4 is 5.73 Å². The van der Waals surface area contributed by atoms with E-state index in [0.29, 0.717) is 0 Å². The van der Waals surface area contributed by atoms with Gasteiger partial charge in [-0.2, -0.15) is 13.2 Å². The van der Waals surface area contributed by atoms with Gasteiger partial charge in [0, 0.05) is 12.2 Å². The quantitative estimate of drug-likeness (QED) is 0.845. The molecule has 1 aromatic heterocycles. The first-order chi connectivity index (χ1) is 5.93. The molecule has 1 rings (SSSR count). The first kappa shape index (κ1) is 16.9. The smallest absolute Gasteiger partial charge is 0.323 e. The molecule has 1 aromatic rings. The van der Waals surface area contributed by atoms with E-state index in [1.807, 2.05) is 0 Å². The topological polar surface area (TPSA) is 38.9 Å². The zero-order valence-electron chi connectivity index (χ0n) is 7.78. The minimum Gasteiger partial charge on any atom is -0.323 e. The Hall–Kier alpha value is -0.520. The Bertz CT molecular complexity index is 302. The fraction of sp³-hybridized carbons (Fsp3) is 0.375. The molecule has 1 unspecified atom stereocenters. The Morgan fingerprint density at radius 3 is 2.20 bits per heavy atom. The summed E-state index contributed by atoms with van der Waals surface area (Å²) < 4.78 is 36.9. The molecule has 0 aliphatic heterocycles. The van der Waals surface area contributed by atoms with Crippen LogP contribution in [0.25, 0.3) is 0 Å². The highest BCUT2D eigenvalue weighted by atomic mass is 35.5. The summed E-state index contributed by atoms with van der Waals surface area (Å²) in [4.78, 5) is 3.60. The summed E-state index contributed by atoms with van der Waals surface area (Å²) in [6, 6.07) is 1.51. The lowest BCUT2D eigenvalue weighted by Gasteiger charge is -2.13. The van der Waals surface area contributed by atoms with E-state index in [4.69, 9.17) is 5.73 Å². The normalized spacial score (nSPS) is 12.3. The highest BCUT2D eigenvalue weighted by molar-refractivity contribution is 5.85. The van der Waals surface area contributed by atoms with Gasteiger partial charge in [0.05, 0.1) is 11.3 Å². The van der Waals surface area contributed by atoms with Gasteiger partial charge in [0.25, 0.3) is 0 Å². The minimum absolute atomic E-state index is 0. The average Bonchev–Trinajstić information content (AvgIpc) is 2.03. The zero-order chi connectivity index (χ0) is 10.1. The van der Waals surface area contributed by atoms with Crippen LogP contribution in [0.5, 0.6) is 0 Å². The van der Waals surface area contributed by atoms with Crippen molar-refractivity contribution in [1.82, 2.24) is 4.98 Å². The number of nitrogens with zero attached hydrogens (tertiary/aromatic N) is 1. The number of rotatable bonds is 1. The van der Waals surface area contributed by atoms with Crippen LogP contribution in [0.2, 0.25) is 0 Å². The van der Waals surface area contributed by atoms with Gasteiger partial charge in [-0.3, -0.25) is 4.98 Å². The van der Waals surface area contributed by atoms with Gasteiger partial charge in [-0.1, -0.05) is 0 Å². The predicted octanol–water partition coefficient (Wildman–Crippen LogP) is 2.96. The molecule has 1 atom stereocenters. The lowest BCUT2D eigenvalue weighted by atomic mass is 10.1. The van der Waals surface area contributed by atoms with Crippen LogP contribution in [-0.2, 0) is 6.18 Å². The Kier molecular flexibility index (Phi) is 6.92. The first-order valence-corrected chi connectivity index (χ1v) is 3.70. The maximum atomic E-state index is 12.3. The van der Waals surface area contributed by atoms with E-state index in [1.54, 1.807) is 0 Å². The standard InChI is InChI=1S/C8H9F3N2.2ClH/c1-5(12)7-6(8(9,10)11)3-2-4-13-7;;/h2-5H,12H2,1H3;2*1H. The molecule has 0 aliphatic rings. The fourth-order valence-corrected chi connectivity index (χ4v) is 1.02. The highest BCUT2D eigenvalue weighted by Gasteiger charge is 2.34. The van der Waals surface area contributed by atoms with E-state index in [-0.39, 0.29) is 30.5 Å². The molecular weight excluding hydrogens is 252 g/mol. The number of pyridine rings is 1. The van der Waals surface area contributed by atoms with Gasteiger partial charge in [0.1, 0.15) is 0 Å². The molecule has 0 aliphatic carbocycles. The summed E-state index contributed by atoms with van der Waals surface area (Å²) in [6.45, 7) is 1.47. The van der Waals surface area contributed by atoms with Gasteiger partial charge in [-0.15, -0.1) is 24.8 Å². The molecule has 0 spiro atoms. The van der Waals surface area contributed by atoms with Gasteiger partial charge in [-0.05, 0) is 19.1 Å². The van der Waals surface area contributed by atoms with Crippen molar-refractivity contribution in [2.75, 3.05) is 0 Å². The second-order valence-corrected chi connectivity index (χ2v) is 2.72. The van der Waals surface area contributed by atoms with Crippen LogP contribution in [-0.4, -0.2) is 4.98 Å². The molecular formula is C8H11Cl2F3N2. The van der Waals surface area contributed by atoms with Crippen molar-refractivity contribution in [3.8, 4) is 0 Å². The monoisotopic (exact) mass is 262 g/mol. The second-order valence-electron chi connectivity index (χ2n) is 2.72. The summed E-state index contributed by atoms with van der Waals surface area (Å²) in [6.07, 6.45) is -3.08. The first-order valence-electron chi connectivity index (χ1n) is 3.70. The van der Waals surface area contributed by atoms with Crippen molar-refractivity contribution < 1.29 is 13.2 Å². The lowest BCUT2D eigenvalue weighted by Crippen LogP contribution is -2.16. The SMILES string of the molecule is CC(N)c1ncccc1C(F)(F)F.Cl.Cl. The molecule has 0 saturated heterocycles. The Morgan fingerprint density at radius 2 is 1.87 bits per heavy atom. The molecule has 0 bridgehead atoms. The molecule has 0 radical (unpaired) electrons. The predicted molar refractivity (Wildman–Crippen MR) is 56.3 cm³/mol. The van der Waals surface area contributed by atoms with Crippen LogP contribution in [0.15, 0.2) is 18.3 Å². The number of nitrogens with two attached hydrogens (primary N) is 1. The Labute approximate surface area is 97.9 Å². The van der Waals surface area contributed by atoms with Crippen LogP contribution in [0.1, 0.15) is 24.2 Å². The summed E-state index contributed by atoms with van der Waals surface area (Å²) in [5.74, 6) is 0. The lowest BCUT2D eigenvalue weighted by molar-refractivity contribution is -0.138. The summed E-state index contributed by atoms with van der Waals surface area (Å²) >= 11 is 0. The second kappa shape index (κ2) is 6.15. The zero-order valence-corrected chi connectivity index (χ0v) is 9.42. The largest absolute Gasteiger partial charge is 0.418 e. The molecule has 7 heteroatoms. The summed E-state index contributed by atoms with van der Waals surface area (Å²) in [5.41, 5.74) is 4.47. The molecule has 0 fully saturated rings. The average molecular weight is 263 g/mol. The van der Waals surface area contributed by atoms with Crippen LogP contribution in [0.3, 0.4) is 0 Å². The minimum atomic E-state index is -4.38. The van der Waals surface area contributed by atoms with E-state index in [0.717, 1.165) is 6.07 Å². The molecule has 2 N–H and O–H groups in total. The molecule has 1 heterocycles.